The Kier molecular flexibility index (Phi) is 5.91. The zero-order valence-electron chi connectivity index (χ0n) is 13.1. The van der Waals surface area contributed by atoms with Crippen LogP contribution < -0.4 is 0 Å². The maximum absolute atomic E-state index is 6.44. The lowest BCUT2D eigenvalue weighted by molar-refractivity contribution is -0.151. The van der Waals surface area contributed by atoms with E-state index in [0.717, 1.165) is 6.42 Å². The van der Waals surface area contributed by atoms with Crippen molar-refractivity contribution in [1.82, 2.24) is 0 Å². The highest BCUT2D eigenvalue weighted by Gasteiger charge is 2.35. The minimum Gasteiger partial charge on any atom is -0.369 e. The van der Waals surface area contributed by atoms with Crippen molar-refractivity contribution >= 4 is 0 Å². The highest BCUT2D eigenvalue weighted by atomic mass is 16.5. The van der Waals surface area contributed by atoms with Crippen molar-refractivity contribution < 1.29 is 4.74 Å². The Balaban J connectivity index is 2.55. The Labute approximate surface area is 114 Å². The summed E-state index contributed by atoms with van der Waals surface area (Å²) < 4.78 is 6.44. The number of ether oxygens (including phenoxy) is 1. The van der Waals surface area contributed by atoms with Crippen LogP contribution in [-0.2, 0) is 4.74 Å². The number of rotatable bonds is 5. The second-order valence-corrected chi connectivity index (χ2v) is 7.17. The van der Waals surface area contributed by atoms with E-state index in [0.29, 0.717) is 5.92 Å². The van der Waals surface area contributed by atoms with Gasteiger partial charge in [0, 0.05) is 0 Å². The van der Waals surface area contributed by atoms with E-state index in [1.165, 1.54) is 38.5 Å². The standard InChI is InChI=1S/C17H32O/c1-15(2)11-7-10-14-17(18-16(3,4)5)12-8-6-9-13-17/h7,11,15H,6,8-10,12-14H2,1-5H3/b11-7+. The normalized spacial score (nSPS) is 20.8. The lowest BCUT2D eigenvalue weighted by atomic mass is 9.80. The van der Waals surface area contributed by atoms with Crippen molar-refractivity contribution in [3.63, 3.8) is 0 Å². The third-order valence-electron chi connectivity index (χ3n) is 3.58. The molecular weight excluding hydrogens is 220 g/mol. The molecule has 0 aromatic heterocycles. The van der Waals surface area contributed by atoms with Crippen molar-refractivity contribution in [3.8, 4) is 0 Å². The molecule has 1 rings (SSSR count). The molecule has 0 saturated heterocycles. The molecule has 0 amide bonds. The molecular formula is C17H32O. The Morgan fingerprint density at radius 1 is 1.11 bits per heavy atom. The maximum Gasteiger partial charge on any atom is 0.0692 e. The summed E-state index contributed by atoms with van der Waals surface area (Å²) in [5.74, 6) is 0.663. The Morgan fingerprint density at radius 3 is 2.22 bits per heavy atom. The molecule has 0 radical (unpaired) electrons. The zero-order valence-corrected chi connectivity index (χ0v) is 13.1. The van der Waals surface area contributed by atoms with Gasteiger partial charge in [0.25, 0.3) is 0 Å². The van der Waals surface area contributed by atoms with Crippen LogP contribution in [0.25, 0.3) is 0 Å². The second-order valence-electron chi connectivity index (χ2n) is 7.17. The molecule has 0 atom stereocenters. The number of hydrogen-bond acceptors (Lipinski definition) is 1. The van der Waals surface area contributed by atoms with E-state index in [1.807, 2.05) is 0 Å². The van der Waals surface area contributed by atoms with Crippen LogP contribution in [0.5, 0.6) is 0 Å². The summed E-state index contributed by atoms with van der Waals surface area (Å²) in [5, 5.41) is 0. The van der Waals surface area contributed by atoms with Gasteiger partial charge in [-0.15, -0.1) is 0 Å². The average molecular weight is 252 g/mol. The van der Waals surface area contributed by atoms with Crippen LogP contribution in [0.2, 0.25) is 0 Å². The van der Waals surface area contributed by atoms with Gasteiger partial charge in [-0.05, 0) is 52.4 Å². The van der Waals surface area contributed by atoms with Gasteiger partial charge >= 0.3 is 0 Å². The van der Waals surface area contributed by atoms with E-state index < -0.39 is 0 Å². The number of hydrogen-bond donors (Lipinski definition) is 0. The minimum absolute atomic E-state index is 0.0148. The van der Waals surface area contributed by atoms with Gasteiger partial charge in [0.15, 0.2) is 0 Å². The van der Waals surface area contributed by atoms with Crippen LogP contribution in [0.3, 0.4) is 0 Å². The Bertz CT molecular complexity index is 251. The quantitative estimate of drug-likeness (QED) is 0.587. The fraction of sp³-hybridized carbons (Fsp3) is 0.882. The summed E-state index contributed by atoms with van der Waals surface area (Å²) in [7, 11) is 0. The van der Waals surface area contributed by atoms with Crippen LogP contribution in [0.4, 0.5) is 0 Å². The summed E-state index contributed by atoms with van der Waals surface area (Å²) in [4.78, 5) is 0. The van der Waals surface area contributed by atoms with E-state index in [4.69, 9.17) is 4.74 Å². The maximum atomic E-state index is 6.44. The molecule has 0 aromatic rings. The lowest BCUT2D eigenvalue weighted by Gasteiger charge is -2.42. The lowest BCUT2D eigenvalue weighted by Crippen LogP contribution is -2.41. The van der Waals surface area contributed by atoms with Crippen LogP contribution in [-0.4, -0.2) is 11.2 Å². The van der Waals surface area contributed by atoms with E-state index in [9.17, 15) is 0 Å². The van der Waals surface area contributed by atoms with Crippen molar-refractivity contribution in [3.05, 3.63) is 12.2 Å². The first-order valence-corrected chi connectivity index (χ1v) is 7.70. The summed E-state index contributed by atoms with van der Waals surface area (Å²) in [6, 6.07) is 0. The highest BCUT2D eigenvalue weighted by Crippen LogP contribution is 2.38. The molecule has 1 fully saturated rings. The highest BCUT2D eigenvalue weighted by molar-refractivity contribution is 4.92. The first-order valence-electron chi connectivity index (χ1n) is 7.70. The van der Waals surface area contributed by atoms with Crippen molar-refractivity contribution in [2.75, 3.05) is 0 Å². The van der Waals surface area contributed by atoms with Crippen molar-refractivity contribution in [2.24, 2.45) is 5.92 Å². The van der Waals surface area contributed by atoms with Gasteiger partial charge in [0.2, 0.25) is 0 Å². The fourth-order valence-electron chi connectivity index (χ4n) is 2.96. The third kappa shape index (κ3) is 6.04. The van der Waals surface area contributed by atoms with E-state index in [-0.39, 0.29) is 11.2 Å². The van der Waals surface area contributed by atoms with Crippen LogP contribution >= 0.6 is 0 Å². The smallest absolute Gasteiger partial charge is 0.0692 e. The van der Waals surface area contributed by atoms with Crippen LogP contribution in [0.1, 0.15) is 79.6 Å². The molecule has 1 aliphatic carbocycles. The van der Waals surface area contributed by atoms with Crippen LogP contribution in [0.15, 0.2) is 12.2 Å². The topological polar surface area (TPSA) is 9.23 Å². The predicted octanol–water partition coefficient (Wildman–Crippen LogP) is 5.50. The molecule has 18 heavy (non-hydrogen) atoms. The first-order chi connectivity index (χ1) is 8.33. The van der Waals surface area contributed by atoms with Gasteiger partial charge in [0.1, 0.15) is 0 Å². The predicted molar refractivity (Wildman–Crippen MR) is 79.9 cm³/mol. The third-order valence-corrected chi connectivity index (χ3v) is 3.58. The van der Waals surface area contributed by atoms with Crippen molar-refractivity contribution in [1.29, 1.82) is 0 Å². The van der Waals surface area contributed by atoms with Crippen molar-refractivity contribution in [2.45, 2.75) is 90.8 Å². The molecule has 1 aliphatic rings. The summed E-state index contributed by atoms with van der Waals surface area (Å²) in [6.45, 7) is 11.0. The van der Waals surface area contributed by atoms with Gasteiger partial charge in [-0.3, -0.25) is 0 Å². The van der Waals surface area contributed by atoms with E-state index >= 15 is 0 Å². The average Bonchev–Trinajstić information content (AvgIpc) is 2.23. The van der Waals surface area contributed by atoms with E-state index in [2.05, 4.69) is 46.8 Å². The first kappa shape index (κ1) is 15.8. The SMILES string of the molecule is CC(C)/C=C/CCC1(OC(C)(C)C)CCCCC1. The monoisotopic (exact) mass is 252 g/mol. The molecule has 0 spiro atoms. The molecule has 0 unspecified atom stereocenters. The number of allylic oxidation sites excluding steroid dienone is 2. The molecule has 106 valence electrons. The summed E-state index contributed by atoms with van der Waals surface area (Å²) in [6.07, 6.45) is 13.6. The van der Waals surface area contributed by atoms with Gasteiger partial charge in [-0.25, -0.2) is 0 Å². The summed E-state index contributed by atoms with van der Waals surface area (Å²) >= 11 is 0. The molecule has 0 aromatic carbocycles. The molecule has 0 heterocycles. The Morgan fingerprint density at radius 2 is 1.72 bits per heavy atom. The van der Waals surface area contributed by atoms with Gasteiger partial charge in [-0.2, -0.15) is 0 Å². The minimum atomic E-state index is -0.0148. The molecule has 1 saturated carbocycles. The fourth-order valence-corrected chi connectivity index (χ4v) is 2.96. The van der Waals surface area contributed by atoms with Gasteiger partial charge in [0.05, 0.1) is 11.2 Å². The summed E-state index contributed by atoms with van der Waals surface area (Å²) in [5.41, 5.74) is 0.136. The molecule has 0 bridgehead atoms. The van der Waals surface area contributed by atoms with E-state index in [1.54, 1.807) is 0 Å². The van der Waals surface area contributed by atoms with Gasteiger partial charge < -0.3 is 4.74 Å². The Hall–Kier alpha value is -0.300. The largest absolute Gasteiger partial charge is 0.369 e. The molecule has 1 nitrogen and oxygen atoms in total. The molecule has 0 N–H and O–H groups in total. The second kappa shape index (κ2) is 6.75. The zero-order chi connectivity index (χ0) is 13.6. The van der Waals surface area contributed by atoms with Crippen LogP contribution in [0, 0.1) is 5.92 Å². The van der Waals surface area contributed by atoms with Gasteiger partial charge in [-0.1, -0.05) is 45.3 Å². The molecule has 0 aliphatic heterocycles. The molecule has 1 heteroatoms.